The first-order valence-corrected chi connectivity index (χ1v) is 10.7. The van der Waals surface area contributed by atoms with Crippen molar-refractivity contribution in [3.05, 3.63) is 69.9 Å². The van der Waals surface area contributed by atoms with E-state index in [-0.39, 0.29) is 22.2 Å². The monoisotopic (exact) mass is 462 g/mol. The molecule has 33 heavy (non-hydrogen) atoms. The van der Waals surface area contributed by atoms with Crippen molar-refractivity contribution in [1.29, 1.82) is 0 Å². The summed E-state index contributed by atoms with van der Waals surface area (Å²) in [5, 5.41) is 17.8. The zero-order chi connectivity index (χ0) is 23.5. The van der Waals surface area contributed by atoms with E-state index >= 15 is 0 Å². The summed E-state index contributed by atoms with van der Waals surface area (Å²) in [6, 6.07) is 8.56. The number of nitrogens with two attached hydrogens (primary N) is 3. The fraction of sp³-hybridized carbons (Fsp3) is 0.136. The van der Waals surface area contributed by atoms with E-state index in [9.17, 15) is 14.7 Å². The fourth-order valence-corrected chi connectivity index (χ4v) is 5.42. The Labute approximate surface area is 191 Å². The van der Waals surface area contributed by atoms with Crippen molar-refractivity contribution < 1.29 is 19.4 Å². The van der Waals surface area contributed by atoms with E-state index in [0.29, 0.717) is 32.6 Å². The third-order valence-electron chi connectivity index (χ3n) is 5.75. The minimum atomic E-state index is -1.66. The topological polar surface area (TPSA) is 180 Å². The highest BCUT2D eigenvalue weighted by molar-refractivity contribution is 7.21. The third kappa shape index (κ3) is 2.98. The van der Waals surface area contributed by atoms with Crippen molar-refractivity contribution >= 4 is 38.9 Å². The Morgan fingerprint density at radius 3 is 2.61 bits per heavy atom. The van der Waals surface area contributed by atoms with Crippen LogP contribution in [-0.2, 0) is 10.3 Å². The smallest absolute Gasteiger partial charge is 0.346 e. The minimum absolute atomic E-state index is 0.0189. The molecule has 0 fully saturated rings. The maximum Gasteiger partial charge on any atom is 0.346 e. The van der Waals surface area contributed by atoms with Gasteiger partial charge in [0, 0.05) is 46.2 Å². The molecule has 11 heteroatoms. The molecule has 2 unspecified atom stereocenters. The molecule has 5 rings (SSSR count). The van der Waals surface area contributed by atoms with E-state index in [1.54, 1.807) is 43.3 Å². The Morgan fingerprint density at radius 1 is 1.18 bits per heavy atom. The van der Waals surface area contributed by atoms with E-state index in [1.807, 2.05) is 0 Å². The van der Waals surface area contributed by atoms with Crippen LogP contribution < -0.4 is 21.9 Å². The highest BCUT2D eigenvalue weighted by atomic mass is 32.1. The number of ketones is 1. The molecule has 3 heterocycles. The Morgan fingerprint density at radius 2 is 1.94 bits per heavy atom. The number of aromatic nitrogens is 3. The number of carboxylic acids is 1. The van der Waals surface area contributed by atoms with Gasteiger partial charge < -0.3 is 27.0 Å². The quantitative estimate of drug-likeness (QED) is 0.328. The second-order valence-electron chi connectivity index (χ2n) is 7.65. The standard InChI is InChI=1S/C22H18N6O4S/c1-9-10(5-7-13(27-9)32-14-3-2-8-26-28-14)22(25)11-4-6-12(23)18-15(11)16(17(24)20(22)29)19(33-18)21(30)31/h2-8,17H,23-25H2,1H3,(H,30,31). The van der Waals surface area contributed by atoms with Gasteiger partial charge in [-0.15, -0.1) is 16.4 Å². The summed E-state index contributed by atoms with van der Waals surface area (Å²) < 4.78 is 6.16. The van der Waals surface area contributed by atoms with Gasteiger partial charge in [0.05, 0.1) is 10.7 Å². The number of Topliss-reactive ketones (excluding diaryl/α,β-unsaturated/α-hetero) is 1. The lowest BCUT2D eigenvalue weighted by molar-refractivity contribution is -0.124. The van der Waals surface area contributed by atoms with Crippen LogP contribution in [-0.4, -0.2) is 32.0 Å². The Hall–Kier alpha value is -3.93. The number of hydrogen-bond donors (Lipinski definition) is 4. The van der Waals surface area contributed by atoms with Crippen LogP contribution >= 0.6 is 11.3 Å². The summed E-state index contributed by atoms with van der Waals surface area (Å²) >= 11 is 0.986. The van der Waals surface area contributed by atoms with Crippen molar-refractivity contribution in [2.75, 3.05) is 5.73 Å². The number of ether oxygens (including phenoxy) is 1. The van der Waals surface area contributed by atoms with Crippen LogP contribution in [0.5, 0.6) is 11.8 Å². The average Bonchev–Trinajstić information content (AvgIpc) is 3.20. The number of carbonyl (C=O) groups is 2. The van der Waals surface area contributed by atoms with Gasteiger partial charge in [-0.05, 0) is 30.7 Å². The SMILES string of the molecule is Cc1nc(Oc2cccnn2)ccc1C1(N)C(=O)C(N)c2c(C(=O)O)sc3c(N)ccc1c23. The van der Waals surface area contributed by atoms with Crippen LogP contribution in [0.4, 0.5) is 5.69 Å². The Kier molecular flexibility index (Phi) is 4.64. The number of anilines is 1. The number of carbonyl (C=O) groups excluding carboxylic acids is 1. The maximum absolute atomic E-state index is 13.6. The minimum Gasteiger partial charge on any atom is -0.477 e. The molecule has 7 N–H and O–H groups in total. The lowest BCUT2D eigenvalue weighted by Crippen LogP contribution is -2.53. The van der Waals surface area contributed by atoms with Gasteiger partial charge >= 0.3 is 5.97 Å². The van der Waals surface area contributed by atoms with Gasteiger partial charge in [-0.3, -0.25) is 4.79 Å². The van der Waals surface area contributed by atoms with Gasteiger partial charge in [0.15, 0.2) is 5.78 Å². The number of pyridine rings is 1. The summed E-state index contributed by atoms with van der Waals surface area (Å²) in [5.41, 5.74) is 19.5. The van der Waals surface area contributed by atoms with E-state index < -0.39 is 23.3 Å². The van der Waals surface area contributed by atoms with Crippen LogP contribution in [0.3, 0.4) is 0 Å². The van der Waals surface area contributed by atoms with E-state index in [0.717, 1.165) is 11.3 Å². The van der Waals surface area contributed by atoms with Gasteiger partial charge in [0.25, 0.3) is 0 Å². The van der Waals surface area contributed by atoms with Crippen molar-refractivity contribution in [2.24, 2.45) is 11.5 Å². The molecule has 0 saturated heterocycles. The van der Waals surface area contributed by atoms with Crippen LogP contribution in [0.15, 0.2) is 42.6 Å². The van der Waals surface area contributed by atoms with E-state index in [2.05, 4.69) is 15.2 Å². The van der Waals surface area contributed by atoms with E-state index in [4.69, 9.17) is 21.9 Å². The van der Waals surface area contributed by atoms with Crippen molar-refractivity contribution in [3.63, 3.8) is 0 Å². The lowest BCUT2D eigenvalue weighted by atomic mass is 9.70. The normalized spacial score (nSPS) is 19.6. The molecule has 2 atom stereocenters. The summed E-state index contributed by atoms with van der Waals surface area (Å²) in [6.07, 6.45) is 1.52. The molecule has 3 aromatic heterocycles. The number of rotatable bonds is 4. The van der Waals surface area contributed by atoms with Crippen LogP contribution in [0.1, 0.15) is 38.1 Å². The molecule has 1 aliphatic carbocycles. The second-order valence-corrected chi connectivity index (χ2v) is 8.67. The molecule has 0 amide bonds. The maximum atomic E-state index is 13.6. The van der Waals surface area contributed by atoms with Crippen LogP contribution in [0.25, 0.3) is 10.1 Å². The molecule has 10 nitrogen and oxygen atoms in total. The predicted octanol–water partition coefficient (Wildman–Crippen LogP) is 2.25. The molecule has 166 valence electrons. The van der Waals surface area contributed by atoms with Crippen molar-refractivity contribution in [1.82, 2.24) is 15.2 Å². The molecule has 0 bridgehead atoms. The first-order valence-electron chi connectivity index (χ1n) is 9.84. The number of thiophene rings is 1. The second kappa shape index (κ2) is 7.30. The first-order chi connectivity index (χ1) is 15.7. The van der Waals surface area contributed by atoms with Gasteiger partial charge in [0.1, 0.15) is 10.4 Å². The highest BCUT2D eigenvalue weighted by Gasteiger charge is 2.49. The number of nitrogen functional groups attached to an aromatic ring is 1. The number of aromatic carboxylic acids is 1. The number of benzene rings is 1. The lowest BCUT2D eigenvalue weighted by Gasteiger charge is -2.37. The summed E-state index contributed by atoms with van der Waals surface area (Å²) in [6.45, 7) is 1.70. The summed E-state index contributed by atoms with van der Waals surface area (Å²) in [5.74, 6) is -1.19. The van der Waals surface area contributed by atoms with Crippen LogP contribution in [0, 0.1) is 6.92 Å². The molecular weight excluding hydrogens is 444 g/mol. The highest BCUT2D eigenvalue weighted by Crippen LogP contribution is 2.49. The van der Waals surface area contributed by atoms with Gasteiger partial charge in [0.2, 0.25) is 11.8 Å². The molecule has 0 saturated carbocycles. The van der Waals surface area contributed by atoms with Gasteiger partial charge in [-0.2, -0.15) is 5.10 Å². The third-order valence-corrected chi connectivity index (χ3v) is 6.99. The molecule has 1 aromatic carbocycles. The van der Waals surface area contributed by atoms with Gasteiger partial charge in [-0.1, -0.05) is 6.07 Å². The molecule has 0 radical (unpaired) electrons. The predicted molar refractivity (Wildman–Crippen MR) is 121 cm³/mol. The van der Waals surface area contributed by atoms with Crippen molar-refractivity contribution in [3.8, 4) is 11.8 Å². The first kappa shape index (κ1) is 20.9. The number of hydrogen-bond acceptors (Lipinski definition) is 10. The number of aryl methyl sites for hydroxylation is 1. The van der Waals surface area contributed by atoms with Crippen molar-refractivity contribution in [2.45, 2.75) is 18.5 Å². The largest absolute Gasteiger partial charge is 0.477 e. The molecular formula is C22H18N6O4S. The molecule has 4 aromatic rings. The zero-order valence-corrected chi connectivity index (χ0v) is 18.1. The Balaban J connectivity index is 1.70. The van der Waals surface area contributed by atoms with Gasteiger partial charge in [-0.25, -0.2) is 9.78 Å². The average molecular weight is 462 g/mol. The fourth-order valence-electron chi connectivity index (χ4n) is 4.28. The molecule has 1 aliphatic rings. The molecule has 0 spiro atoms. The number of nitrogens with zero attached hydrogens (tertiary/aromatic N) is 3. The number of carboxylic acid groups (broad SMARTS) is 1. The zero-order valence-electron chi connectivity index (χ0n) is 17.3. The van der Waals surface area contributed by atoms with E-state index in [1.165, 1.54) is 6.20 Å². The Bertz CT molecular complexity index is 1450. The molecule has 0 aliphatic heterocycles. The van der Waals surface area contributed by atoms with Crippen LogP contribution in [0.2, 0.25) is 0 Å². The summed E-state index contributed by atoms with van der Waals surface area (Å²) in [7, 11) is 0. The summed E-state index contributed by atoms with van der Waals surface area (Å²) in [4.78, 5) is 29.9.